The van der Waals surface area contributed by atoms with Gasteiger partial charge in [-0.15, -0.1) is 0 Å². The largest absolute Gasteiger partial charge is 0.381 e. The number of aliphatic imine (C=N–C) groups is 1. The van der Waals surface area contributed by atoms with Gasteiger partial charge in [0.25, 0.3) is 11.8 Å². The minimum atomic E-state index is -0.191. The van der Waals surface area contributed by atoms with Crippen LogP contribution in [0.4, 0.5) is 0 Å². The first-order valence-corrected chi connectivity index (χ1v) is 10.8. The second-order valence-corrected chi connectivity index (χ2v) is 7.60. The average Bonchev–Trinajstić information content (AvgIpc) is 3.37. The van der Waals surface area contributed by atoms with Crippen LogP contribution in [0.2, 0.25) is 0 Å². The van der Waals surface area contributed by atoms with Crippen molar-refractivity contribution in [2.24, 2.45) is 10.9 Å². The molecule has 2 N–H and O–H groups in total. The Morgan fingerprint density at radius 1 is 1.13 bits per heavy atom. The molecule has 1 saturated heterocycles. The topological polar surface area (TPSA) is 92.3 Å². The number of guanidine groups is 1. The lowest BCUT2D eigenvalue weighted by Gasteiger charge is -2.15. The highest BCUT2D eigenvalue weighted by Gasteiger charge is 2.34. The number of imide groups is 1. The van der Waals surface area contributed by atoms with Gasteiger partial charge in [-0.3, -0.25) is 19.5 Å². The van der Waals surface area contributed by atoms with Gasteiger partial charge in [0.15, 0.2) is 5.96 Å². The average molecular weight is 417 g/mol. The molecule has 1 aromatic carbocycles. The van der Waals surface area contributed by atoms with Crippen LogP contribution in [0.25, 0.3) is 0 Å². The summed E-state index contributed by atoms with van der Waals surface area (Å²) in [4.78, 5) is 30.2. The molecule has 1 atom stereocenters. The first kappa shape index (κ1) is 22.2. The van der Waals surface area contributed by atoms with Crippen molar-refractivity contribution < 1.29 is 19.1 Å². The maximum atomic E-state index is 12.3. The first-order chi connectivity index (χ1) is 14.7. The van der Waals surface area contributed by atoms with E-state index in [0.29, 0.717) is 23.6 Å². The van der Waals surface area contributed by atoms with Crippen molar-refractivity contribution >= 4 is 17.8 Å². The van der Waals surface area contributed by atoms with Gasteiger partial charge in [-0.1, -0.05) is 12.1 Å². The Bertz CT molecular complexity index is 711. The van der Waals surface area contributed by atoms with Crippen molar-refractivity contribution in [1.82, 2.24) is 15.5 Å². The summed E-state index contributed by atoms with van der Waals surface area (Å²) >= 11 is 0. The number of unbranched alkanes of at least 4 members (excludes halogenated alkanes) is 1. The summed E-state index contributed by atoms with van der Waals surface area (Å²) in [6.07, 6.45) is 3.59. The first-order valence-electron chi connectivity index (χ1n) is 10.8. The van der Waals surface area contributed by atoms with Gasteiger partial charge in [0.1, 0.15) is 0 Å². The fourth-order valence-corrected chi connectivity index (χ4v) is 3.61. The van der Waals surface area contributed by atoms with E-state index in [4.69, 9.17) is 9.47 Å². The molecule has 164 valence electrons. The molecule has 0 spiro atoms. The Hall–Kier alpha value is -2.45. The third-order valence-electron chi connectivity index (χ3n) is 5.34. The van der Waals surface area contributed by atoms with E-state index >= 15 is 0 Å². The SMILES string of the molecule is CN=C(NCCCCN1C(=O)c2ccccc2C1=O)NCCCOCC1CCOC1. The molecule has 8 nitrogen and oxygen atoms in total. The van der Waals surface area contributed by atoms with Crippen molar-refractivity contribution in [2.45, 2.75) is 25.7 Å². The van der Waals surface area contributed by atoms with Crippen molar-refractivity contribution in [3.63, 3.8) is 0 Å². The lowest BCUT2D eigenvalue weighted by molar-refractivity contribution is 0.0651. The van der Waals surface area contributed by atoms with Crippen LogP contribution in [0.5, 0.6) is 0 Å². The van der Waals surface area contributed by atoms with Gasteiger partial charge < -0.3 is 20.1 Å². The number of carbonyl (C=O) groups is 2. The second kappa shape index (κ2) is 11.7. The predicted octanol–water partition coefficient (Wildman–Crippen LogP) is 1.67. The highest BCUT2D eigenvalue weighted by atomic mass is 16.5. The normalized spacial score (nSPS) is 18.8. The maximum Gasteiger partial charge on any atom is 0.261 e. The van der Waals surface area contributed by atoms with Crippen LogP contribution in [0.15, 0.2) is 29.3 Å². The Kier molecular flexibility index (Phi) is 8.65. The van der Waals surface area contributed by atoms with Crippen LogP contribution >= 0.6 is 0 Å². The van der Waals surface area contributed by atoms with Crippen LogP contribution in [0.3, 0.4) is 0 Å². The van der Waals surface area contributed by atoms with Crippen LogP contribution in [0, 0.1) is 5.92 Å². The summed E-state index contributed by atoms with van der Waals surface area (Å²) in [6.45, 7) is 5.12. The molecular weight excluding hydrogens is 384 g/mol. The molecule has 30 heavy (non-hydrogen) atoms. The summed E-state index contributed by atoms with van der Waals surface area (Å²) in [5.41, 5.74) is 1.01. The summed E-state index contributed by atoms with van der Waals surface area (Å²) in [5.74, 6) is 0.917. The highest BCUT2D eigenvalue weighted by Crippen LogP contribution is 2.22. The number of ether oxygens (including phenoxy) is 2. The van der Waals surface area contributed by atoms with Crippen LogP contribution in [-0.2, 0) is 9.47 Å². The molecule has 0 radical (unpaired) electrons. The van der Waals surface area contributed by atoms with Gasteiger partial charge in [-0.2, -0.15) is 0 Å². The number of nitrogens with one attached hydrogen (secondary N) is 2. The van der Waals surface area contributed by atoms with Crippen LogP contribution in [-0.4, -0.2) is 75.8 Å². The third-order valence-corrected chi connectivity index (χ3v) is 5.34. The maximum absolute atomic E-state index is 12.3. The smallest absolute Gasteiger partial charge is 0.261 e. The van der Waals surface area contributed by atoms with Gasteiger partial charge >= 0.3 is 0 Å². The van der Waals surface area contributed by atoms with Crippen molar-refractivity contribution in [3.8, 4) is 0 Å². The Balaban J connectivity index is 1.23. The molecule has 0 aliphatic carbocycles. The fourth-order valence-electron chi connectivity index (χ4n) is 3.61. The van der Waals surface area contributed by atoms with E-state index in [2.05, 4.69) is 15.6 Å². The van der Waals surface area contributed by atoms with Crippen molar-refractivity contribution in [2.75, 3.05) is 53.1 Å². The monoisotopic (exact) mass is 416 g/mol. The zero-order valence-electron chi connectivity index (χ0n) is 17.7. The van der Waals surface area contributed by atoms with Gasteiger partial charge in [0, 0.05) is 45.8 Å². The number of carbonyl (C=O) groups excluding carboxylic acids is 2. The summed E-state index contributed by atoms with van der Waals surface area (Å²) in [7, 11) is 1.74. The van der Waals surface area contributed by atoms with Crippen molar-refractivity contribution in [3.05, 3.63) is 35.4 Å². The summed E-state index contributed by atoms with van der Waals surface area (Å²) in [5, 5.41) is 6.53. The number of nitrogens with zero attached hydrogens (tertiary/aromatic N) is 2. The number of fused-ring (bicyclic) bond motifs is 1. The standard InChI is InChI=1S/C22H32N4O4/c1-23-22(25-11-6-13-29-15-17-9-14-30-16-17)24-10-4-5-12-26-20(27)18-7-2-3-8-19(18)21(26)28/h2-3,7-8,17H,4-6,9-16H2,1H3,(H2,23,24,25). The number of rotatable bonds is 11. The second-order valence-electron chi connectivity index (χ2n) is 7.60. The van der Waals surface area contributed by atoms with Crippen molar-refractivity contribution in [1.29, 1.82) is 0 Å². The zero-order chi connectivity index (χ0) is 21.2. The number of benzene rings is 1. The lowest BCUT2D eigenvalue weighted by atomic mass is 10.1. The number of hydrogen-bond donors (Lipinski definition) is 2. The Labute approximate surface area is 178 Å². The minimum absolute atomic E-state index is 0.191. The van der Waals surface area contributed by atoms with Gasteiger partial charge in [0.2, 0.25) is 0 Å². The van der Waals surface area contributed by atoms with E-state index in [9.17, 15) is 9.59 Å². The molecule has 2 amide bonds. The van der Waals surface area contributed by atoms with E-state index in [0.717, 1.165) is 71.2 Å². The Morgan fingerprint density at radius 3 is 2.47 bits per heavy atom. The molecule has 1 unspecified atom stereocenters. The molecule has 2 heterocycles. The quantitative estimate of drug-likeness (QED) is 0.247. The third kappa shape index (κ3) is 6.03. The molecular formula is C22H32N4O4. The van der Waals surface area contributed by atoms with E-state index in [1.807, 2.05) is 0 Å². The van der Waals surface area contributed by atoms with Crippen LogP contribution < -0.4 is 10.6 Å². The fraction of sp³-hybridized carbons (Fsp3) is 0.591. The summed E-state index contributed by atoms with van der Waals surface area (Å²) < 4.78 is 11.0. The van der Waals surface area contributed by atoms with E-state index in [1.165, 1.54) is 4.90 Å². The van der Waals surface area contributed by atoms with Gasteiger partial charge in [0.05, 0.1) is 24.3 Å². The molecule has 0 bridgehead atoms. The zero-order valence-corrected chi connectivity index (χ0v) is 17.7. The van der Waals surface area contributed by atoms with Gasteiger partial charge in [-0.25, -0.2) is 0 Å². The molecule has 2 aliphatic heterocycles. The van der Waals surface area contributed by atoms with E-state index in [-0.39, 0.29) is 11.8 Å². The molecule has 0 aromatic heterocycles. The van der Waals surface area contributed by atoms with E-state index < -0.39 is 0 Å². The van der Waals surface area contributed by atoms with Gasteiger partial charge in [-0.05, 0) is 37.8 Å². The number of amides is 2. The molecule has 1 fully saturated rings. The van der Waals surface area contributed by atoms with Crippen LogP contribution in [0.1, 0.15) is 46.4 Å². The Morgan fingerprint density at radius 2 is 1.83 bits per heavy atom. The summed E-state index contributed by atoms with van der Waals surface area (Å²) in [6, 6.07) is 6.99. The molecule has 3 rings (SSSR count). The molecule has 8 heteroatoms. The molecule has 2 aliphatic rings. The number of hydrogen-bond acceptors (Lipinski definition) is 5. The molecule has 1 aromatic rings. The predicted molar refractivity (Wildman–Crippen MR) is 115 cm³/mol. The minimum Gasteiger partial charge on any atom is -0.381 e. The highest BCUT2D eigenvalue weighted by molar-refractivity contribution is 6.21. The van der Waals surface area contributed by atoms with E-state index in [1.54, 1.807) is 31.3 Å². The lowest BCUT2D eigenvalue weighted by Crippen LogP contribution is -2.38. The molecule has 0 saturated carbocycles.